The number of benzene rings is 3. The van der Waals surface area contributed by atoms with Crippen LogP contribution in [0, 0.1) is 0 Å². The van der Waals surface area contributed by atoms with Crippen LogP contribution in [0.2, 0.25) is 0 Å². The molecular formula is C26H29N3O5S. The molecule has 0 unspecified atom stereocenters. The van der Waals surface area contributed by atoms with Crippen LogP contribution in [0.25, 0.3) is 0 Å². The molecule has 1 atom stereocenters. The third-order valence-corrected chi connectivity index (χ3v) is 6.46. The molecule has 184 valence electrons. The van der Waals surface area contributed by atoms with E-state index in [4.69, 9.17) is 4.74 Å². The molecule has 3 aromatic rings. The third kappa shape index (κ3) is 6.83. The summed E-state index contributed by atoms with van der Waals surface area (Å²) < 4.78 is 31.6. The topological polar surface area (TPSA) is 105 Å². The fourth-order valence-corrected chi connectivity index (χ4v) is 4.74. The quantitative estimate of drug-likeness (QED) is 0.445. The van der Waals surface area contributed by atoms with E-state index in [0.717, 1.165) is 16.1 Å². The molecule has 0 radical (unpaired) electrons. The van der Waals surface area contributed by atoms with Crippen LogP contribution in [0.1, 0.15) is 29.8 Å². The van der Waals surface area contributed by atoms with E-state index in [1.54, 1.807) is 48.5 Å². The number of hydrogen-bond acceptors (Lipinski definition) is 5. The van der Waals surface area contributed by atoms with E-state index in [9.17, 15) is 18.0 Å². The highest BCUT2D eigenvalue weighted by molar-refractivity contribution is 7.92. The van der Waals surface area contributed by atoms with Crippen LogP contribution < -0.4 is 19.7 Å². The largest absolute Gasteiger partial charge is 0.494 e. The van der Waals surface area contributed by atoms with E-state index < -0.39 is 22.0 Å². The van der Waals surface area contributed by atoms with E-state index >= 15 is 0 Å². The van der Waals surface area contributed by atoms with Crippen LogP contribution in [0.5, 0.6) is 5.75 Å². The number of carbonyl (C=O) groups is 2. The summed E-state index contributed by atoms with van der Waals surface area (Å²) >= 11 is 0. The molecule has 0 aromatic heterocycles. The zero-order valence-electron chi connectivity index (χ0n) is 19.9. The average Bonchev–Trinajstić information content (AvgIpc) is 2.84. The van der Waals surface area contributed by atoms with Crippen molar-refractivity contribution in [2.45, 2.75) is 26.4 Å². The molecule has 0 saturated heterocycles. The van der Waals surface area contributed by atoms with Gasteiger partial charge < -0.3 is 15.4 Å². The SMILES string of the molecule is CCOc1ccc(N([C@H](C)C(=O)Nc2ccccc2C(=O)NCc2ccccc2)S(C)(=O)=O)cc1. The molecule has 35 heavy (non-hydrogen) atoms. The Morgan fingerprint density at radius 2 is 1.57 bits per heavy atom. The van der Waals surface area contributed by atoms with Gasteiger partial charge in [0.15, 0.2) is 0 Å². The number of hydrogen-bond donors (Lipinski definition) is 2. The van der Waals surface area contributed by atoms with Crippen molar-refractivity contribution in [3.63, 3.8) is 0 Å². The summed E-state index contributed by atoms with van der Waals surface area (Å²) in [6, 6.07) is 21.4. The predicted octanol–water partition coefficient (Wildman–Crippen LogP) is 3.81. The summed E-state index contributed by atoms with van der Waals surface area (Å²) in [6.45, 7) is 4.15. The highest BCUT2D eigenvalue weighted by atomic mass is 32.2. The first-order valence-corrected chi connectivity index (χ1v) is 13.0. The lowest BCUT2D eigenvalue weighted by Gasteiger charge is -2.28. The van der Waals surface area contributed by atoms with Gasteiger partial charge in [0, 0.05) is 6.54 Å². The number of nitrogens with zero attached hydrogens (tertiary/aromatic N) is 1. The Balaban J connectivity index is 1.78. The number of sulfonamides is 1. The standard InChI is InChI=1S/C26H29N3O5S/c1-4-34-22-16-14-21(15-17-22)29(35(3,32)33)19(2)25(30)28-24-13-9-8-12-23(24)26(31)27-18-20-10-6-5-7-11-20/h5-17,19H,4,18H2,1-3H3,(H,27,31)(H,28,30)/t19-/m1/s1. The molecule has 0 saturated carbocycles. The second-order valence-electron chi connectivity index (χ2n) is 7.86. The number of para-hydroxylation sites is 1. The van der Waals surface area contributed by atoms with Crippen molar-refractivity contribution in [3.8, 4) is 5.75 Å². The molecule has 3 rings (SSSR count). The number of nitrogens with one attached hydrogen (secondary N) is 2. The Labute approximate surface area is 206 Å². The van der Waals surface area contributed by atoms with Gasteiger partial charge in [-0.2, -0.15) is 0 Å². The molecule has 0 aliphatic carbocycles. The van der Waals surface area contributed by atoms with Gasteiger partial charge in [0.2, 0.25) is 15.9 Å². The Hall–Kier alpha value is -3.85. The predicted molar refractivity (Wildman–Crippen MR) is 137 cm³/mol. The second-order valence-corrected chi connectivity index (χ2v) is 9.72. The zero-order chi connectivity index (χ0) is 25.4. The minimum atomic E-state index is -3.79. The maximum Gasteiger partial charge on any atom is 0.253 e. The lowest BCUT2D eigenvalue weighted by atomic mass is 10.1. The van der Waals surface area contributed by atoms with Crippen molar-refractivity contribution in [3.05, 3.63) is 90.0 Å². The molecule has 2 N–H and O–H groups in total. The van der Waals surface area contributed by atoms with E-state index in [1.165, 1.54) is 6.92 Å². The molecule has 0 heterocycles. The van der Waals surface area contributed by atoms with E-state index in [2.05, 4.69) is 10.6 Å². The van der Waals surface area contributed by atoms with Crippen LogP contribution in [0.4, 0.5) is 11.4 Å². The first kappa shape index (κ1) is 25.8. The lowest BCUT2D eigenvalue weighted by Crippen LogP contribution is -2.45. The normalized spacial score (nSPS) is 11.9. The maximum absolute atomic E-state index is 13.1. The van der Waals surface area contributed by atoms with E-state index in [-0.39, 0.29) is 17.2 Å². The Bertz CT molecular complexity index is 1260. The highest BCUT2D eigenvalue weighted by Gasteiger charge is 2.30. The summed E-state index contributed by atoms with van der Waals surface area (Å²) in [7, 11) is -3.79. The van der Waals surface area contributed by atoms with Crippen molar-refractivity contribution in [2.24, 2.45) is 0 Å². The molecule has 3 aromatic carbocycles. The van der Waals surface area contributed by atoms with Crippen molar-refractivity contribution in [1.82, 2.24) is 5.32 Å². The highest BCUT2D eigenvalue weighted by Crippen LogP contribution is 2.25. The average molecular weight is 496 g/mol. The lowest BCUT2D eigenvalue weighted by molar-refractivity contribution is -0.116. The number of rotatable bonds is 10. The first-order chi connectivity index (χ1) is 16.7. The van der Waals surface area contributed by atoms with Crippen LogP contribution in [-0.2, 0) is 21.4 Å². The first-order valence-electron chi connectivity index (χ1n) is 11.1. The van der Waals surface area contributed by atoms with Gasteiger partial charge in [-0.1, -0.05) is 42.5 Å². The van der Waals surface area contributed by atoms with Gasteiger partial charge in [-0.25, -0.2) is 8.42 Å². The Morgan fingerprint density at radius 1 is 0.943 bits per heavy atom. The van der Waals surface area contributed by atoms with E-state index in [0.29, 0.717) is 24.6 Å². The molecule has 8 nitrogen and oxygen atoms in total. The minimum absolute atomic E-state index is 0.274. The summed E-state index contributed by atoms with van der Waals surface area (Å²) in [6.07, 6.45) is 1.04. The number of carbonyl (C=O) groups excluding carboxylic acids is 2. The van der Waals surface area contributed by atoms with Gasteiger partial charge in [0.25, 0.3) is 5.91 Å². The van der Waals surface area contributed by atoms with Gasteiger partial charge in [-0.3, -0.25) is 13.9 Å². The van der Waals surface area contributed by atoms with Crippen LogP contribution in [-0.4, -0.2) is 39.1 Å². The minimum Gasteiger partial charge on any atom is -0.494 e. The zero-order valence-corrected chi connectivity index (χ0v) is 20.7. The number of ether oxygens (including phenoxy) is 1. The maximum atomic E-state index is 13.1. The van der Waals surface area contributed by atoms with Crippen molar-refractivity contribution in [1.29, 1.82) is 0 Å². The van der Waals surface area contributed by atoms with Crippen molar-refractivity contribution in [2.75, 3.05) is 22.5 Å². The Kier molecular flexibility index (Phi) is 8.48. The molecule has 2 amide bonds. The van der Waals surface area contributed by atoms with E-state index in [1.807, 2.05) is 37.3 Å². The van der Waals surface area contributed by atoms with Gasteiger partial charge in [-0.15, -0.1) is 0 Å². The molecule has 9 heteroatoms. The molecule has 0 fully saturated rings. The van der Waals surface area contributed by atoms with Gasteiger partial charge in [0.05, 0.1) is 29.8 Å². The summed E-state index contributed by atoms with van der Waals surface area (Å²) in [5.41, 5.74) is 1.83. The van der Waals surface area contributed by atoms with Crippen molar-refractivity contribution >= 4 is 33.2 Å². The fraction of sp³-hybridized carbons (Fsp3) is 0.231. The third-order valence-electron chi connectivity index (χ3n) is 5.22. The van der Waals surface area contributed by atoms with Crippen LogP contribution in [0.3, 0.4) is 0 Å². The monoisotopic (exact) mass is 495 g/mol. The molecule has 0 aliphatic rings. The van der Waals surface area contributed by atoms with Crippen LogP contribution in [0.15, 0.2) is 78.9 Å². The fourth-order valence-electron chi connectivity index (χ4n) is 3.57. The number of anilines is 2. The van der Waals surface area contributed by atoms with Gasteiger partial charge >= 0.3 is 0 Å². The van der Waals surface area contributed by atoms with Gasteiger partial charge in [-0.05, 0) is 55.8 Å². The van der Waals surface area contributed by atoms with Crippen molar-refractivity contribution < 1.29 is 22.7 Å². The summed E-state index contributed by atoms with van der Waals surface area (Å²) in [4.78, 5) is 25.9. The smallest absolute Gasteiger partial charge is 0.253 e. The summed E-state index contributed by atoms with van der Waals surface area (Å²) in [5, 5.41) is 5.55. The summed E-state index contributed by atoms with van der Waals surface area (Å²) in [5.74, 6) is -0.339. The molecule has 0 aliphatic heterocycles. The Morgan fingerprint density at radius 3 is 2.20 bits per heavy atom. The molecule has 0 spiro atoms. The molecule has 0 bridgehead atoms. The second kappa shape index (κ2) is 11.5. The van der Waals surface area contributed by atoms with Crippen LogP contribution >= 0.6 is 0 Å². The van der Waals surface area contributed by atoms with Gasteiger partial charge in [0.1, 0.15) is 11.8 Å². The number of amides is 2. The molecular weight excluding hydrogens is 466 g/mol.